The third kappa shape index (κ3) is 5.64. The Labute approximate surface area is 193 Å². The van der Waals surface area contributed by atoms with E-state index in [2.05, 4.69) is 36.1 Å². The van der Waals surface area contributed by atoms with Crippen LogP contribution in [0.25, 0.3) is 0 Å². The summed E-state index contributed by atoms with van der Waals surface area (Å²) in [5, 5.41) is 12.6. The van der Waals surface area contributed by atoms with Gasteiger partial charge in [-0.15, -0.1) is 11.3 Å². The Morgan fingerprint density at radius 3 is 2.41 bits per heavy atom. The number of carbonyl (C=O) groups excluding carboxylic acids is 1. The van der Waals surface area contributed by atoms with Crippen molar-refractivity contribution in [2.24, 2.45) is 0 Å². The summed E-state index contributed by atoms with van der Waals surface area (Å²) in [6.07, 6.45) is -0.808. The van der Waals surface area contributed by atoms with Gasteiger partial charge in [-0.25, -0.2) is 0 Å². The number of β-amino-alcohol motifs (C(OH)–C–C–N with tert-alkyl or cyclic N) is 1. The molecule has 0 aliphatic carbocycles. The van der Waals surface area contributed by atoms with E-state index in [1.807, 2.05) is 52.7 Å². The van der Waals surface area contributed by atoms with Gasteiger partial charge >= 0.3 is 0 Å². The van der Waals surface area contributed by atoms with Gasteiger partial charge in [-0.3, -0.25) is 9.69 Å². The van der Waals surface area contributed by atoms with Crippen molar-refractivity contribution < 1.29 is 14.6 Å². The van der Waals surface area contributed by atoms with Crippen LogP contribution < -0.4 is 0 Å². The molecule has 0 bridgehead atoms. The number of piperazine rings is 1. The zero-order chi connectivity index (χ0) is 22.3. The second-order valence-corrected chi connectivity index (χ2v) is 9.15. The van der Waals surface area contributed by atoms with Crippen LogP contribution in [0.3, 0.4) is 0 Å². The molecule has 0 radical (unpaired) electrons. The first-order valence-electron chi connectivity index (χ1n) is 11.1. The molecule has 32 heavy (non-hydrogen) atoms. The predicted octanol–water partition coefficient (Wildman–Crippen LogP) is 3.98. The van der Waals surface area contributed by atoms with Crippen molar-refractivity contribution in [2.45, 2.75) is 19.1 Å². The highest BCUT2D eigenvalue weighted by atomic mass is 32.1. The van der Waals surface area contributed by atoms with Gasteiger partial charge in [0.15, 0.2) is 0 Å². The summed E-state index contributed by atoms with van der Waals surface area (Å²) in [6, 6.07) is 22.1. The number of hydrogen-bond donors (Lipinski definition) is 1. The highest BCUT2D eigenvalue weighted by molar-refractivity contribution is 7.12. The number of ether oxygens (including phenoxy) is 1. The molecule has 1 fully saturated rings. The van der Waals surface area contributed by atoms with Gasteiger partial charge < -0.3 is 14.7 Å². The van der Waals surface area contributed by atoms with Crippen LogP contribution >= 0.6 is 11.3 Å². The fourth-order valence-corrected chi connectivity index (χ4v) is 4.81. The monoisotopic (exact) mass is 450 g/mol. The molecule has 5 nitrogen and oxygen atoms in total. The van der Waals surface area contributed by atoms with Crippen LogP contribution in [0.5, 0.6) is 0 Å². The lowest BCUT2D eigenvalue weighted by Crippen LogP contribution is -2.50. The normalized spacial score (nSPS) is 16.6. The summed E-state index contributed by atoms with van der Waals surface area (Å²) in [5.74, 6) is 0.104. The number of nitrogens with zero attached hydrogens (tertiary/aromatic N) is 2. The van der Waals surface area contributed by atoms with E-state index in [-0.39, 0.29) is 18.6 Å². The molecular weight excluding hydrogens is 420 g/mol. The quantitative estimate of drug-likeness (QED) is 0.564. The largest absolute Gasteiger partial charge is 0.389 e. The van der Waals surface area contributed by atoms with Crippen LogP contribution in [0.2, 0.25) is 0 Å². The smallest absolute Gasteiger partial charge is 0.264 e. The minimum absolute atomic E-state index is 0.104. The maximum Gasteiger partial charge on any atom is 0.264 e. The molecule has 1 aliphatic heterocycles. The van der Waals surface area contributed by atoms with Crippen molar-refractivity contribution in [2.75, 3.05) is 39.3 Å². The maximum atomic E-state index is 12.5. The highest BCUT2D eigenvalue weighted by Gasteiger charge is 2.25. The van der Waals surface area contributed by atoms with E-state index in [0.29, 0.717) is 19.6 Å². The fourth-order valence-electron chi connectivity index (χ4n) is 4.12. The highest BCUT2D eigenvalue weighted by Crippen LogP contribution is 2.28. The third-order valence-corrected chi connectivity index (χ3v) is 6.75. The lowest BCUT2D eigenvalue weighted by Gasteiger charge is -2.35. The van der Waals surface area contributed by atoms with Gasteiger partial charge in [0.25, 0.3) is 5.91 Å². The molecular formula is C26H30N2O3S. The molecule has 1 aromatic heterocycles. The Morgan fingerprint density at radius 2 is 1.72 bits per heavy atom. The van der Waals surface area contributed by atoms with Crippen LogP contribution in [0, 0.1) is 6.92 Å². The molecule has 6 heteroatoms. The average Bonchev–Trinajstić information content (AvgIpc) is 3.36. The molecule has 2 aromatic carbocycles. The van der Waals surface area contributed by atoms with Gasteiger partial charge in [0, 0.05) is 32.7 Å². The molecule has 4 rings (SSSR count). The first-order valence-corrected chi connectivity index (χ1v) is 11.9. The lowest BCUT2D eigenvalue weighted by molar-refractivity contribution is -0.0138. The molecule has 1 saturated heterocycles. The molecule has 0 spiro atoms. The Bertz CT molecular complexity index is 985. The SMILES string of the molecule is Cc1ccccc1C(OCC(O)CN1CCN(C(=O)c2cccs2)CC1)c1ccccc1. The number of carbonyl (C=O) groups is 1. The van der Waals surface area contributed by atoms with Gasteiger partial charge in [0.05, 0.1) is 17.6 Å². The molecule has 2 heterocycles. The van der Waals surface area contributed by atoms with Crippen molar-refractivity contribution in [3.8, 4) is 0 Å². The van der Waals surface area contributed by atoms with E-state index in [1.165, 1.54) is 16.9 Å². The van der Waals surface area contributed by atoms with Crippen molar-refractivity contribution in [1.29, 1.82) is 0 Å². The average molecular weight is 451 g/mol. The van der Waals surface area contributed by atoms with Crippen molar-refractivity contribution in [3.05, 3.63) is 93.7 Å². The van der Waals surface area contributed by atoms with Gasteiger partial charge in [-0.1, -0.05) is 60.7 Å². The zero-order valence-electron chi connectivity index (χ0n) is 18.4. The number of aliphatic hydroxyl groups is 1. The van der Waals surface area contributed by atoms with Crippen LogP contribution in [0.15, 0.2) is 72.1 Å². The van der Waals surface area contributed by atoms with Gasteiger partial charge in [0.2, 0.25) is 0 Å². The first kappa shape index (κ1) is 22.7. The van der Waals surface area contributed by atoms with E-state index in [1.54, 1.807) is 0 Å². The Hall–Kier alpha value is -2.51. The minimum Gasteiger partial charge on any atom is -0.389 e. The summed E-state index contributed by atoms with van der Waals surface area (Å²) in [4.78, 5) is 17.4. The Kier molecular flexibility index (Phi) is 7.71. The topological polar surface area (TPSA) is 53.0 Å². The number of benzene rings is 2. The van der Waals surface area contributed by atoms with Crippen LogP contribution in [0.1, 0.15) is 32.5 Å². The van der Waals surface area contributed by atoms with Crippen LogP contribution in [-0.2, 0) is 4.74 Å². The van der Waals surface area contributed by atoms with E-state index in [0.717, 1.165) is 29.1 Å². The first-order chi connectivity index (χ1) is 15.6. The Balaban J connectivity index is 1.31. The molecule has 1 N–H and O–H groups in total. The van der Waals surface area contributed by atoms with Crippen LogP contribution in [0.4, 0.5) is 0 Å². The van der Waals surface area contributed by atoms with E-state index < -0.39 is 6.10 Å². The molecule has 168 valence electrons. The second kappa shape index (κ2) is 10.9. The number of aryl methyl sites for hydroxylation is 1. The molecule has 2 atom stereocenters. The summed E-state index contributed by atoms with van der Waals surface area (Å²) in [5.41, 5.74) is 3.36. The van der Waals surface area contributed by atoms with E-state index >= 15 is 0 Å². The number of aliphatic hydroxyl groups excluding tert-OH is 1. The summed E-state index contributed by atoms with van der Waals surface area (Å²) < 4.78 is 6.27. The van der Waals surface area contributed by atoms with Gasteiger partial charge in [-0.2, -0.15) is 0 Å². The predicted molar refractivity (Wildman–Crippen MR) is 128 cm³/mol. The summed E-state index contributed by atoms with van der Waals surface area (Å²) >= 11 is 1.48. The van der Waals surface area contributed by atoms with Gasteiger partial charge in [-0.05, 0) is 35.1 Å². The van der Waals surface area contributed by atoms with Crippen molar-refractivity contribution in [1.82, 2.24) is 9.80 Å². The summed E-state index contributed by atoms with van der Waals surface area (Å²) in [6.45, 7) is 5.75. The zero-order valence-corrected chi connectivity index (χ0v) is 19.2. The van der Waals surface area contributed by atoms with Gasteiger partial charge in [0.1, 0.15) is 6.10 Å². The number of hydrogen-bond acceptors (Lipinski definition) is 5. The molecule has 0 saturated carbocycles. The fraction of sp³-hybridized carbons (Fsp3) is 0.346. The lowest BCUT2D eigenvalue weighted by atomic mass is 9.97. The van der Waals surface area contributed by atoms with E-state index in [9.17, 15) is 9.90 Å². The summed E-state index contributed by atoms with van der Waals surface area (Å²) in [7, 11) is 0. The molecule has 3 aromatic rings. The number of rotatable bonds is 8. The number of amides is 1. The van der Waals surface area contributed by atoms with E-state index in [4.69, 9.17) is 4.74 Å². The minimum atomic E-state index is -0.593. The number of thiophene rings is 1. The third-order valence-electron chi connectivity index (χ3n) is 5.89. The van der Waals surface area contributed by atoms with Crippen LogP contribution in [-0.4, -0.2) is 66.2 Å². The van der Waals surface area contributed by atoms with Crippen molar-refractivity contribution in [3.63, 3.8) is 0 Å². The molecule has 2 unspecified atom stereocenters. The molecule has 1 amide bonds. The maximum absolute atomic E-state index is 12.5. The Morgan fingerprint density at radius 1 is 1.00 bits per heavy atom. The standard InChI is InChI=1S/C26H30N2O3S/c1-20-8-5-6-11-23(20)25(21-9-3-2-4-10-21)31-19-22(29)18-27-13-15-28(16-14-27)26(30)24-12-7-17-32-24/h2-12,17,22,25,29H,13-16,18-19H2,1H3. The molecule has 1 aliphatic rings. The second-order valence-electron chi connectivity index (χ2n) is 8.20. The van der Waals surface area contributed by atoms with Crippen molar-refractivity contribution >= 4 is 17.2 Å².